The van der Waals surface area contributed by atoms with Crippen LogP contribution in [0.25, 0.3) is 22.2 Å². The summed E-state index contributed by atoms with van der Waals surface area (Å²) in [5.74, 6) is -0.255. The monoisotopic (exact) mass is 359 g/mol. The first kappa shape index (κ1) is 16.5. The van der Waals surface area contributed by atoms with Crippen LogP contribution in [0.15, 0.2) is 81.3 Å². The Bertz CT molecular complexity index is 1240. The first-order chi connectivity index (χ1) is 13.1. The lowest BCUT2D eigenvalue weighted by molar-refractivity contribution is 0.0697. The summed E-state index contributed by atoms with van der Waals surface area (Å²) in [7, 11) is 0. The first-order valence-electron chi connectivity index (χ1n) is 8.07. The number of benzene rings is 2. The second-order valence-electron chi connectivity index (χ2n) is 5.71. The van der Waals surface area contributed by atoms with Crippen molar-refractivity contribution in [3.63, 3.8) is 0 Å². The molecule has 0 unspecified atom stereocenters. The topological polar surface area (TPSA) is 97.7 Å². The Kier molecular flexibility index (Phi) is 4.10. The molecule has 1 N–H and O–H groups in total. The fraction of sp³-hybridized carbons (Fsp3) is 0. The van der Waals surface area contributed by atoms with Crippen LogP contribution in [-0.4, -0.2) is 27.0 Å². The van der Waals surface area contributed by atoms with Gasteiger partial charge >= 0.3 is 5.97 Å². The van der Waals surface area contributed by atoms with Crippen LogP contribution in [0.5, 0.6) is 0 Å². The minimum Gasteiger partial charge on any atom is -0.478 e. The minimum atomic E-state index is -1.04. The van der Waals surface area contributed by atoms with Gasteiger partial charge in [-0.05, 0) is 30.3 Å². The molecule has 0 amide bonds. The van der Waals surface area contributed by atoms with E-state index in [-0.39, 0.29) is 11.1 Å². The summed E-state index contributed by atoms with van der Waals surface area (Å²) in [4.78, 5) is 27.9. The van der Waals surface area contributed by atoms with E-state index in [0.717, 1.165) is 4.68 Å². The average molecular weight is 359 g/mol. The summed E-state index contributed by atoms with van der Waals surface area (Å²) >= 11 is 0. The van der Waals surface area contributed by atoms with Crippen molar-refractivity contribution >= 4 is 23.1 Å². The van der Waals surface area contributed by atoms with Crippen molar-refractivity contribution in [2.45, 2.75) is 0 Å². The molecule has 2 aromatic heterocycles. The number of hydrogen-bond acceptors (Lipinski definition) is 5. The molecule has 0 aliphatic heterocycles. The van der Waals surface area contributed by atoms with E-state index in [9.17, 15) is 14.7 Å². The van der Waals surface area contributed by atoms with E-state index in [2.05, 4.69) is 10.1 Å². The van der Waals surface area contributed by atoms with E-state index in [1.54, 1.807) is 48.5 Å². The molecule has 0 atom stereocenters. The molecule has 0 spiro atoms. The van der Waals surface area contributed by atoms with Gasteiger partial charge < -0.3 is 9.52 Å². The van der Waals surface area contributed by atoms with Gasteiger partial charge in [0.15, 0.2) is 0 Å². The van der Waals surface area contributed by atoms with E-state index in [4.69, 9.17) is 4.42 Å². The number of hydrogen-bond donors (Lipinski definition) is 1. The van der Waals surface area contributed by atoms with Crippen molar-refractivity contribution in [1.82, 2.24) is 9.66 Å². The summed E-state index contributed by atoms with van der Waals surface area (Å²) in [6.45, 7) is 0. The molecule has 0 aliphatic carbocycles. The molecule has 4 rings (SSSR count). The third-order valence-electron chi connectivity index (χ3n) is 4.01. The number of carboxylic acid groups (broad SMARTS) is 1. The molecule has 0 bridgehead atoms. The number of carbonyl (C=O) groups is 1. The van der Waals surface area contributed by atoms with E-state index >= 15 is 0 Å². The Morgan fingerprint density at radius 1 is 1.07 bits per heavy atom. The van der Waals surface area contributed by atoms with Gasteiger partial charge in [-0.25, -0.2) is 9.78 Å². The number of rotatable bonds is 4. The predicted octanol–water partition coefficient (Wildman–Crippen LogP) is 3.24. The Morgan fingerprint density at radius 3 is 2.70 bits per heavy atom. The van der Waals surface area contributed by atoms with E-state index in [1.807, 2.05) is 6.07 Å². The van der Waals surface area contributed by atoms with Gasteiger partial charge in [0, 0.05) is 5.56 Å². The molecule has 0 radical (unpaired) electrons. The molecule has 2 aromatic carbocycles. The highest BCUT2D eigenvalue weighted by Crippen LogP contribution is 2.25. The number of nitrogens with zero attached hydrogens (tertiary/aromatic N) is 3. The Morgan fingerprint density at radius 2 is 1.85 bits per heavy atom. The second kappa shape index (κ2) is 6.72. The molecule has 132 valence electrons. The number of carboxylic acids is 1. The van der Waals surface area contributed by atoms with Gasteiger partial charge in [-0.1, -0.05) is 30.3 Å². The van der Waals surface area contributed by atoms with Crippen LogP contribution in [0.2, 0.25) is 0 Å². The van der Waals surface area contributed by atoms with Crippen molar-refractivity contribution in [3.8, 4) is 11.3 Å². The van der Waals surface area contributed by atoms with Gasteiger partial charge in [-0.3, -0.25) is 4.79 Å². The lowest BCUT2D eigenvalue weighted by atomic mass is 10.1. The van der Waals surface area contributed by atoms with Crippen LogP contribution in [-0.2, 0) is 0 Å². The van der Waals surface area contributed by atoms with Crippen LogP contribution in [0.4, 0.5) is 0 Å². The smallest absolute Gasteiger partial charge is 0.336 e. The maximum atomic E-state index is 12.4. The molecular weight excluding hydrogens is 346 g/mol. The Hall–Kier alpha value is -4.00. The van der Waals surface area contributed by atoms with Crippen LogP contribution >= 0.6 is 0 Å². The molecule has 0 saturated carbocycles. The lowest BCUT2D eigenvalue weighted by Crippen LogP contribution is -2.16. The standard InChI is InChI=1S/C20H13N3O4/c24-19-16-7-3-4-8-17(16)21-12-23(19)22-11-13-9-10-18(27-13)14-5-1-2-6-15(14)20(25)26/h1-12H,(H,25,26)/b22-11-. The third kappa shape index (κ3) is 3.13. The van der Waals surface area contributed by atoms with Crippen LogP contribution in [0, 0.1) is 0 Å². The molecule has 7 heteroatoms. The van der Waals surface area contributed by atoms with Gasteiger partial charge in [-0.2, -0.15) is 9.78 Å². The van der Waals surface area contributed by atoms with Crippen molar-refractivity contribution in [2.75, 3.05) is 0 Å². The number of aromatic nitrogens is 2. The molecule has 0 aliphatic rings. The van der Waals surface area contributed by atoms with Gasteiger partial charge in [0.05, 0.1) is 22.7 Å². The van der Waals surface area contributed by atoms with Gasteiger partial charge in [0.1, 0.15) is 17.8 Å². The minimum absolute atomic E-state index is 0.144. The maximum absolute atomic E-state index is 12.4. The highest BCUT2D eigenvalue weighted by Gasteiger charge is 2.13. The zero-order valence-corrected chi connectivity index (χ0v) is 13.9. The SMILES string of the molecule is O=C(O)c1ccccc1-c1ccc(/C=N\n2cnc3ccccc3c2=O)o1. The first-order valence-corrected chi connectivity index (χ1v) is 8.07. The lowest BCUT2D eigenvalue weighted by Gasteiger charge is -2.02. The maximum Gasteiger partial charge on any atom is 0.336 e. The summed E-state index contributed by atoms with van der Waals surface area (Å²) in [6, 6.07) is 16.9. The Labute approximate surface area is 152 Å². The second-order valence-corrected chi connectivity index (χ2v) is 5.71. The van der Waals surface area contributed by atoms with E-state index in [0.29, 0.717) is 28.0 Å². The van der Waals surface area contributed by atoms with Crippen LogP contribution < -0.4 is 5.56 Å². The molecule has 4 aromatic rings. The van der Waals surface area contributed by atoms with Gasteiger partial charge in [0.2, 0.25) is 0 Å². The van der Waals surface area contributed by atoms with Crippen molar-refractivity contribution in [1.29, 1.82) is 0 Å². The fourth-order valence-corrected chi connectivity index (χ4v) is 2.71. The number of aromatic carboxylic acids is 1. The van der Waals surface area contributed by atoms with Crippen LogP contribution in [0.1, 0.15) is 16.1 Å². The van der Waals surface area contributed by atoms with Crippen molar-refractivity contribution < 1.29 is 14.3 Å². The highest BCUT2D eigenvalue weighted by atomic mass is 16.4. The number of furan rings is 1. The zero-order chi connectivity index (χ0) is 18.8. The average Bonchev–Trinajstić information content (AvgIpc) is 3.16. The number of para-hydroxylation sites is 1. The largest absolute Gasteiger partial charge is 0.478 e. The molecule has 27 heavy (non-hydrogen) atoms. The molecule has 2 heterocycles. The molecule has 0 fully saturated rings. The number of fused-ring (bicyclic) bond motifs is 1. The third-order valence-corrected chi connectivity index (χ3v) is 4.01. The highest BCUT2D eigenvalue weighted by molar-refractivity contribution is 5.95. The van der Waals surface area contributed by atoms with E-state index < -0.39 is 5.97 Å². The van der Waals surface area contributed by atoms with Crippen LogP contribution in [0.3, 0.4) is 0 Å². The predicted molar refractivity (Wildman–Crippen MR) is 100 cm³/mol. The summed E-state index contributed by atoms with van der Waals surface area (Å²) < 4.78 is 6.78. The Balaban J connectivity index is 1.67. The normalized spacial score (nSPS) is 11.3. The summed E-state index contributed by atoms with van der Waals surface area (Å²) in [6.07, 6.45) is 2.72. The summed E-state index contributed by atoms with van der Waals surface area (Å²) in [5.41, 5.74) is 0.916. The van der Waals surface area contributed by atoms with E-state index in [1.165, 1.54) is 18.6 Å². The van der Waals surface area contributed by atoms with Gasteiger partial charge in [-0.15, -0.1) is 0 Å². The van der Waals surface area contributed by atoms with Crippen molar-refractivity contribution in [2.24, 2.45) is 5.10 Å². The fourth-order valence-electron chi connectivity index (χ4n) is 2.71. The zero-order valence-electron chi connectivity index (χ0n) is 13.9. The quantitative estimate of drug-likeness (QED) is 0.564. The molecule has 0 saturated heterocycles. The summed E-state index contributed by atoms with van der Waals surface area (Å²) in [5, 5.41) is 13.9. The van der Waals surface area contributed by atoms with Gasteiger partial charge in [0.25, 0.3) is 5.56 Å². The molecule has 7 nitrogen and oxygen atoms in total. The molecular formula is C20H13N3O4. The van der Waals surface area contributed by atoms with Crippen molar-refractivity contribution in [3.05, 3.63) is 88.7 Å².